The first-order valence-corrected chi connectivity index (χ1v) is 18.8. The topological polar surface area (TPSA) is 66.2 Å². The van der Waals surface area contributed by atoms with Crippen molar-refractivity contribution in [1.29, 1.82) is 0 Å². The van der Waals surface area contributed by atoms with Gasteiger partial charge in [0.1, 0.15) is 10.5 Å². The van der Waals surface area contributed by atoms with Crippen LogP contribution in [0, 0.1) is 12.3 Å². The number of amides is 1. The van der Waals surface area contributed by atoms with Crippen LogP contribution in [0.1, 0.15) is 51.1 Å². The zero-order valence-electron chi connectivity index (χ0n) is 27.1. The van der Waals surface area contributed by atoms with Crippen LogP contribution in [0.2, 0.25) is 0 Å². The molecule has 0 radical (unpaired) electrons. The first-order valence-electron chi connectivity index (χ1n) is 16.4. The Morgan fingerprint density at radius 3 is 2.50 bits per heavy atom. The highest BCUT2D eigenvalue weighted by atomic mass is 79.9. The smallest absolute Gasteiger partial charge is 0.374 e. The van der Waals surface area contributed by atoms with E-state index >= 15 is 0 Å². The van der Waals surface area contributed by atoms with E-state index in [1.54, 1.807) is 18.9 Å². The van der Waals surface area contributed by atoms with Gasteiger partial charge in [-0.3, -0.25) is 4.79 Å². The van der Waals surface area contributed by atoms with Crippen molar-refractivity contribution in [2.45, 2.75) is 38.0 Å². The molecule has 5 aromatic rings. The van der Waals surface area contributed by atoms with Crippen LogP contribution in [0.4, 0.5) is 11.4 Å². The van der Waals surface area contributed by atoms with Gasteiger partial charge in [0, 0.05) is 58.5 Å². The Bertz CT molecular complexity index is 1920. The van der Waals surface area contributed by atoms with E-state index in [0.717, 1.165) is 77.2 Å². The molecule has 7 rings (SSSR count). The molecule has 4 heterocycles. The van der Waals surface area contributed by atoms with E-state index in [9.17, 15) is 9.59 Å². The normalized spacial score (nSPS) is 15.5. The minimum Gasteiger partial charge on any atom is -0.460 e. The number of hydrogen-bond acceptors (Lipinski definition) is 8. The zero-order valence-corrected chi connectivity index (χ0v) is 30.3. The fourth-order valence-corrected chi connectivity index (χ4v) is 9.33. The Kier molecular flexibility index (Phi) is 9.58. The lowest BCUT2D eigenvalue weighted by atomic mass is 9.71. The lowest BCUT2D eigenvalue weighted by molar-refractivity contribution is 0.0488. The molecule has 0 bridgehead atoms. The van der Waals surface area contributed by atoms with Crippen LogP contribution in [-0.4, -0.2) is 56.1 Å². The lowest BCUT2D eigenvalue weighted by Crippen LogP contribution is -2.61. The summed E-state index contributed by atoms with van der Waals surface area (Å²) in [6.45, 7) is 8.40. The molecule has 2 aromatic heterocycles. The molecule has 2 saturated heterocycles. The van der Waals surface area contributed by atoms with Gasteiger partial charge in [0.05, 0.1) is 18.0 Å². The van der Waals surface area contributed by atoms with Gasteiger partial charge in [-0.25, -0.2) is 4.79 Å². The van der Waals surface area contributed by atoms with Crippen molar-refractivity contribution in [3.05, 3.63) is 110 Å². The van der Waals surface area contributed by atoms with Crippen LogP contribution >= 0.6 is 39.2 Å². The molecule has 2 fully saturated rings. The molecular formula is C38H38BrN3O4S2. The number of rotatable bonds is 10. The summed E-state index contributed by atoms with van der Waals surface area (Å²) in [5.74, 6) is -0.0270. The molecule has 0 saturated carbocycles. The van der Waals surface area contributed by atoms with Crippen molar-refractivity contribution in [1.82, 2.24) is 4.90 Å². The number of benzene rings is 3. The summed E-state index contributed by atoms with van der Waals surface area (Å²) in [5, 5.41) is 2.88. The Hall–Kier alpha value is -3.73. The zero-order chi connectivity index (χ0) is 33.3. The van der Waals surface area contributed by atoms with Gasteiger partial charge in [-0.15, -0.1) is 11.3 Å². The summed E-state index contributed by atoms with van der Waals surface area (Å²) in [6, 6.07) is 27.4. The number of thiophene rings is 1. The lowest BCUT2D eigenvalue weighted by Gasteiger charge is -2.55. The van der Waals surface area contributed by atoms with Crippen LogP contribution < -0.4 is 9.21 Å². The first kappa shape index (κ1) is 32.8. The number of carbonyl (C=O) groups is 2. The Morgan fingerprint density at radius 2 is 1.77 bits per heavy atom. The number of halogens is 1. The molecule has 3 aromatic carbocycles. The molecule has 2 aliphatic heterocycles. The van der Waals surface area contributed by atoms with Crippen molar-refractivity contribution >= 4 is 73.4 Å². The summed E-state index contributed by atoms with van der Waals surface area (Å²) in [5.41, 5.74) is 5.41. The number of aryl methyl sites for hydroxylation is 1. The second-order valence-electron chi connectivity index (χ2n) is 12.6. The van der Waals surface area contributed by atoms with E-state index in [4.69, 9.17) is 9.15 Å². The standard InChI is InChI=1S/C38H38BrN3O4S2/c1-3-45-37(44)34-26(2)29-23-28(13-14-33(29)46-34)48-42(19-15-27-9-5-4-6-10-27)32-12-8-7-11-31(32)41-24-38(25-41)17-20-40(21-18-38)36(43)35-30(39)16-22-47-35/h4-14,16,22-23H,3,15,17-21,24-25H2,1-2H3. The number of likely N-dealkylation sites (tertiary alicyclic amines) is 1. The van der Waals surface area contributed by atoms with E-state index in [0.29, 0.717) is 12.2 Å². The maximum absolute atomic E-state index is 13.1. The van der Waals surface area contributed by atoms with Gasteiger partial charge in [0.15, 0.2) is 0 Å². The van der Waals surface area contributed by atoms with Gasteiger partial charge in [-0.05, 0) is 108 Å². The fraction of sp³-hybridized carbons (Fsp3) is 0.316. The summed E-state index contributed by atoms with van der Waals surface area (Å²) in [6.07, 6.45) is 2.94. The van der Waals surface area contributed by atoms with Crippen molar-refractivity contribution in [3.8, 4) is 0 Å². The largest absolute Gasteiger partial charge is 0.460 e. The summed E-state index contributed by atoms with van der Waals surface area (Å²) >= 11 is 6.75. The first-order chi connectivity index (χ1) is 23.3. The number of nitrogens with zero attached hydrogens (tertiary/aromatic N) is 3. The summed E-state index contributed by atoms with van der Waals surface area (Å²) < 4.78 is 14.4. The SMILES string of the molecule is CCOC(=O)c1oc2ccc(SN(CCc3ccccc3)c3ccccc3N3CC4(CCN(C(=O)c5sccc5Br)CC4)C3)cc2c1C. The summed E-state index contributed by atoms with van der Waals surface area (Å²) in [4.78, 5) is 32.0. The molecule has 7 nitrogen and oxygen atoms in total. The second kappa shape index (κ2) is 14.0. The highest BCUT2D eigenvalue weighted by Gasteiger charge is 2.46. The van der Waals surface area contributed by atoms with Gasteiger partial charge in [-0.2, -0.15) is 0 Å². The van der Waals surface area contributed by atoms with Crippen molar-refractivity contribution in [2.24, 2.45) is 5.41 Å². The van der Waals surface area contributed by atoms with Crippen LogP contribution in [0.5, 0.6) is 0 Å². The minimum atomic E-state index is -0.431. The fourth-order valence-electron chi connectivity index (χ4n) is 6.83. The number of hydrogen-bond donors (Lipinski definition) is 0. The van der Waals surface area contributed by atoms with Gasteiger partial charge in [0.2, 0.25) is 5.76 Å². The number of anilines is 2. The van der Waals surface area contributed by atoms with Crippen LogP contribution in [-0.2, 0) is 11.2 Å². The number of carbonyl (C=O) groups excluding carboxylic acids is 2. The molecular weight excluding hydrogens is 706 g/mol. The van der Waals surface area contributed by atoms with Crippen LogP contribution in [0.3, 0.4) is 0 Å². The molecule has 0 atom stereocenters. The number of furan rings is 1. The Balaban J connectivity index is 1.10. The van der Waals surface area contributed by atoms with E-state index in [-0.39, 0.29) is 17.1 Å². The number of piperidine rings is 1. The number of esters is 1. The Labute approximate surface area is 298 Å². The third kappa shape index (κ3) is 6.62. The van der Waals surface area contributed by atoms with Gasteiger partial charge < -0.3 is 23.3 Å². The maximum Gasteiger partial charge on any atom is 0.374 e. The molecule has 10 heteroatoms. The maximum atomic E-state index is 13.1. The average molecular weight is 745 g/mol. The molecule has 0 N–H and O–H groups in total. The predicted molar refractivity (Wildman–Crippen MR) is 199 cm³/mol. The molecule has 1 spiro atoms. The highest BCUT2D eigenvalue weighted by molar-refractivity contribution is 9.10. The van der Waals surface area contributed by atoms with Gasteiger partial charge in [-0.1, -0.05) is 42.5 Å². The van der Waals surface area contributed by atoms with E-state index in [1.807, 2.05) is 29.3 Å². The second-order valence-corrected chi connectivity index (χ2v) is 15.5. The molecule has 48 heavy (non-hydrogen) atoms. The molecule has 2 aliphatic rings. The van der Waals surface area contributed by atoms with Crippen molar-refractivity contribution in [2.75, 3.05) is 48.5 Å². The third-order valence-electron chi connectivity index (χ3n) is 9.50. The highest BCUT2D eigenvalue weighted by Crippen LogP contribution is 2.47. The molecule has 1 amide bonds. The van der Waals surface area contributed by atoms with E-state index < -0.39 is 5.97 Å². The molecule has 248 valence electrons. The van der Waals surface area contributed by atoms with Crippen LogP contribution in [0.25, 0.3) is 11.0 Å². The molecule has 0 unspecified atom stereocenters. The average Bonchev–Trinajstić information content (AvgIpc) is 3.68. The number of para-hydroxylation sites is 2. The third-order valence-corrected chi connectivity index (χ3v) is 12.4. The number of ether oxygens (including phenoxy) is 1. The van der Waals surface area contributed by atoms with Gasteiger partial charge in [0.25, 0.3) is 5.91 Å². The number of fused-ring (bicyclic) bond motifs is 1. The monoisotopic (exact) mass is 743 g/mol. The quantitative estimate of drug-likeness (QED) is 0.104. The van der Waals surface area contributed by atoms with E-state index in [2.05, 4.69) is 91.9 Å². The van der Waals surface area contributed by atoms with Crippen molar-refractivity contribution < 1.29 is 18.7 Å². The van der Waals surface area contributed by atoms with Gasteiger partial charge >= 0.3 is 5.97 Å². The van der Waals surface area contributed by atoms with Crippen LogP contribution in [0.15, 0.2) is 98.0 Å². The minimum absolute atomic E-state index is 0.139. The van der Waals surface area contributed by atoms with E-state index in [1.165, 1.54) is 28.3 Å². The molecule has 0 aliphatic carbocycles. The van der Waals surface area contributed by atoms with Crippen molar-refractivity contribution in [3.63, 3.8) is 0 Å². The predicted octanol–water partition coefficient (Wildman–Crippen LogP) is 9.24. The Morgan fingerprint density at radius 1 is 1.02 bits per heavy atom. The summed E-state index contributed by atoms with van der Waals surface area (Å²) in [7, 11) is 0.